The SMILES string of the molecule is O=C1NC(=O)C2(CC3CCC2(CCCCN2CCN(c4ncccn4)CC2)C3)N1. The largest absolute Gasteiger partial charge is 0.338 e. The monoisotopic (exact) mass is 398 g/mol. The number of nitrogens with one attached hydrogen (secondary N) is 2. The molecule has 8 nitrogen and oxygen atoms in total. The topological polar surface area (TPSA) is 90.5 Å². The zero-order valence-corrected chi connectivity index (χ0v) is 16.9. The van der Waals surface area contributed by atoms with Gasteiger partial charge in [0.15, 0.2) is 0 Å². The first-order valence-corrected chi connectivity index (χ1v) is 11.0. The molecule has 3 heterocycles. The summed E-state index contributed by atoms with van der Waals surface area (Å²) in [7, 11) is 0. The van der Waals surface area contributed by atoms with E-state index < -0.39 is 5.54 Å². The first-order valence-electron chi connectivity index (χ1n) is 11.0. The van der Waals surface area contributed by atoms with Crippen LogP contribution in [0.15, 0.2) is 18.5 Å². The molecule has 2 bridgehead atoms. The average molecular weight is 399 g/mol. The van der Waals surface area contributed by atoms with Crippen LogP contribution in [0.25, 0.3) is 0 Å². The van der Waals surface area contributed by atoms with Gasteiger partial charge >= 0.3 is 6.03 Å². The van der Waals surface area contributed by atoms with Gasteiger partial charge in [-0.15, -0.1) is 0 Å². The number of urea groups is 1. The molecule has 1 aromatic rings. The Labute approximate surface area is 171 Å². The number of piperazine rings is 1. The van der Waals surface area contributed by atoms with Crippen LogP contribution in [-0.2, 0) is 4.79 Å². The van der Waals surface area contributed by atoms with Gasteiger partial charge in [0, 0.05) is 44.0 Å². The predicted molar refractivity (Wildman–Crippen MR) is 108 cm³/mol. The van der Waals surface area contributed by atoms with Crippen molar-refractivity contribution in [2.24, 2.45) is 11.3 Å². The summed E-state index contributed by atoms with van der Waals surface area (Å²) in [6.45, 7) is 5.09. The zero-order valence-electron chi connectivity index (χ0n) is 16.9. The van der Waals surface area contributed by atoms with Gasteiger partial charge in [0.05, 0.1) is 0 Å². The lowest BCUT2D eigenvalue weighted by Gasteiger charge is -2.42. The summed E-state index contributed by atoms with van der Waals surface area (Å²) in [5.41, 5.74) is -0.661. The van der Waals surface area contributed by atoms with Gasteiger partial charge in [-0.3, -0.25) is 15.0 Å². The zero-order chi connectivity index (χ0) is 19.9. The molecular formula is C21H30N6O2. The van der Waals surface area contributed by atoms with Crippen molar-refractivity contribution in [3.05, 3.63) is 18.5 Å². The molecule has 1 aromatic heterocycles. The fraction of sp³-hybridized carbons (Fsp3) is 0.714. The number of hydrogen-bond donors (Lipinski definition) is 2. The molecule has 156 valence electrons. The second-order valence-corrected chi connectivity index (χ2v) is 9.24. The number of carbonyl (C=O) groups is 2. The van der Waals surface area contributed by atoms with Gasteiger partial charge in [0.2, 0.25) is 5.95 Å². The Hall–Kier alpha value is -2.22. The van der Waals surface area contributed by atoms with Crippen LogP contribution in [0.2, 0.25) is 0 Å². The van der Waals surface area contributed by atoms with Gasteiger partial charge in [0.1, 0.15) is 5.54 Å². The molecule has 2 aliphatic carbocycles. The predicted octanol–water partition coefficient (Wildman–Crippen LogP) is 1.54. The third kappa shape index (κ3) is 3.17. The number of amides is 3. The van der Waals surface area contributed by atoms with Crippen molar-refractivity contribution < 1.29 is 9.59 Å². The maximum atomic E-state index is 12.6. The highest BCUT2D eigenvalue weighted by Gasteiger charge is 2.67. The number of aromatic nitrogens is 2. The summed E-state index contributed by atoms with van der Waals surface area (Å²) in [5, 5.41) is 5.54. The molecule has 4 fully saturated rings. The van der Waals surface area contributed by atoms with Crippen molar-refractivity contribution in [2.75, 3.05) is 37.6 Å². The number of fused-ring (bicyclic) bond motifs is 3. The third-order valence-electron chi connectivity index (χ3n) is 7.74. The standard InChI is InChI=1S/C21H30N6O2/c28-17-21(25-19(29)24-17)15-16-4-6-20(21,14-16)5-1-2-9-26-10-12-27(13-11-26)18-22-7-3-8-23-18/h3,7-8,16H,1-2,4-6,9-15H2,(H2,24,25,28,29). The minimum Gasteiger partial charge on any atom is -0.338 e. The van der Waals surface area contributed by atoms with E-state index in [2.05, 4.69) is 30.4 Å². The number of anilines is 1. The molecule has 2 saturated heterocycles. The summed E-state index contributed by atoms with van der Waals surface area (Å²) in [6, 6.07) is 1.54. The van der Waals surface area contributed by atoms with E-state index in [-0.39, 0.29) is 17.4 Å². The first-order chi connectivity index (χ1) is 14.1. The summed E-state index contributed by atoms with van der Waals surface area (Å²) < 4.78 is 0. The van der Waals surface area contributed by atoms with E-state index in [1.165, 1.54) is 6.42 Å². The Bertz CT molecular complexity index is 781. The Balaban J connectivity index is 1.11. The van der Waals surface area contributed by atoms with Crippen LogP contribution in [0.3, 0.4) is 0 Å². The van der Waals surface area contributed by atoms with E-state index in [9.17, 15) is 9.59 Å². The molecule has 2 saturated carbocycles. The maximum Gasteiger partial charge on any atom is 0.322 e. The Morgan fingerprint density at radius 3 is 2.55 bits per heavy atom. The van der Waals surface area contributed by atoms with E-state index in [1.807, 2.05) is 6.07 Å². The fourth-order valence-corrected chi connectivity index (χ4v) is 6.32. The molecule has 2 N–H and O–H groups in total. The van der Waals surface area contributed by atoms with Crippen molar-refractivity contribution in [1.82, 2.24) is 25.5 Å². The summed E-state index contributed by atoms with van der Waals surface area (Å²) in [6.07, 6.45) is 11.1. The smallest absolute Gasteiger partial charge is 0.322 e. The molecule has 0 aromatic carbocycles. The van der Waals surface area contributed by atoms with Crippen molar-refractivity contribution >= 4 is 17.9 Å². The third-order valence-corrected chi connectivity index (χ3v) is 7.74. The number of nitrogens with zero attached hydrogens (tertiary/aromatic N) is 4. The minimum atomic E-state index is -0.631. The number of imide groups is 1. The lowest BCUT2D eigenvalue weighted by molar-refractivity contribution is -0.128. The molecule has 3 unspecified atom stereocenters. The highest BCUT2D eigenvalue weighted by Crippen LogP contribution is 2.62. The van der Waals surface area contributed by atoms with Gasteiger partial charge in [-0.05, 0) is 57.1 Å². The molecule has 2 aliphatic heterocycles. The van der Waals surface area contributed by atoms with Crippen molar-refractivity contribution in [1.29, 1.82) is 0 Å². The number of rotatable bonds is 6. The van der Waals surface area contributed by atoms with E-state index in [4.69, 9.17) is 0 Å². The van der Waals surface area contributed by atoms with Crippen LogP contribution in [0, 0.1) is 11.3 Å². The number of hydrogen-bond acceptors (Lipinski definition) is 6. The molecule has 5 rings (SSSR count). The molecular weight excluding hydrogens is 368 g/mol. The molecule has 0 radical (unpaired) electrons. The van der Waals surface area contributed by atoms with Gasteiger partial charge in [-0.2, -0.15) is 0 Å². The normalized spacial score (nSPS) is 34.1. The van der Waals surface area contributed by atoms with Crippen LogP contribution >= 0.6 is 0 Å². The average Bonchev–Trinajstić information content (AvgIpc) is 3.37. The van der Waals surface area contributed by atoms with Crippen LogP contribution in [0.1, 0.15) is 44.9 Å². The number of unbranched alkanes of at least 4 members (excludes halogenated alkanes) is 1. The van der Waals surface area contributed by atoms with Crippen LogP contribution in [0.5, 0.6) is 0 Å². The van der Waals surface area contributed by atoms with Crippen molar-refractivity contribution in [2.45, 2.75) is 50.5 Å². The van der Waals surface area contributed by atoms with Crippen LogP contribution in [-0.4, -0.2) is 65.1 Å². The van der Waals surface area contributed by atoms with E-state index in [1.54, 1.807) is 12.4 Å². The molecule has 3 amide bonds. The van der Waals surface area contributed by atoms with Crippen molar-refractivity contribution in [3.8, 4) is 0 Å². The molecule has 3 atom stereocenters. The van der Waals surface area contributed by atoms with E-state index >= 15 is 0 Å². The number of carbonyl (C=O) groups excluding carboxylic acids is 2. The van der Waals surface area contributed by atoms with Crippen molar-refractivity contribution in [3.63, 3.8) is 0 Å². The van der Waals surface area contributed by atoms with E-state index in [0.29, 0.717) is 5.92 Å². The van der Waals surface area contributed by atoms with E-state index in [0.717, 1.165) is 77.2 Å². The first kappa shape index (κ1) is 18.8. The highest BCUT2D eigenvalue weighted by molar-refractivity contribution is 6.08. The Morgan fingerprint density at radius 1 is 1.07 bits per heavy atom. The van der Waals surface area contributed by atoms with Gasteiger partial charge in [-0.25, -0.2) is 14.8 Å². The lowest BCUT2D eigenvalue weighted by Crippen LogP contribution is -2.57. The molecule has 4 aliphatic rings. The Morgan fingerprint density at radius 2 is 1.86 bits per heavy atom. The Kier molecular flexibility index (Phi) is 4.69. The minimum absolute atomic E-state index is 0.0305. The summed E-state index contributed by atoms with van der Waals surface area (Å²) in [4.78, 5) is 37.9. The quantitative estimate of drug-likeness (QED) is 0.558. The molecule has 1 spiro atoms. The van der Waals surface area contributed by atoms with Gasteiger partial charge in [-0.1, -0.05) is 6.42 Å². The lowest BCUT2D eigenvalue weighted by atomic mass is 9.66. The van der Waals surface area contributed by atoms with Crippen LogP contribution < -0.4 is 15.5 Å². The summed E-state index contributed by atoms with van der Waals surface area (Å²) in [5.74, 6) is 1.34. The van der Waals surface area contributed by atoms with Gasteiger partial charge < -0.3 is 10.2 Å². The second-order valence-electron chi connectivity index (χ2n) is 9.24. The fourth-order valence-electron chi connectivity index (χ4n) is 6.32. The van der Waals surface area contributed by atoms with Gasteiger partial charge in [0.25, 0.3) is 5.91 Å². The second kappa shape index (κ2) is 7.23. The highest BCUT2D eigenvalue weighted by atomic mass is 16.2. The van der Waals surface area contributed by atoms with Crippen LogP contribution in [0.4, 0.5) is 10.7 Å². The molecule has 8 heteroatoms. The molecule has 29 heavy (non-hydrogen) atoms. The maximum absolute atomic E-state index is 12.6. The summed E-state index contributed by atoms with van der Waals surface area (Å²) >= 11 is 0.